The lowest BCUT2D eigenvalue weighted by molar-refractivity contribution is -0.124. The van der Waals surface area contributed by atoms with Crippen molar-refractivity contribution in [3.8, 4) is 5.75 Å². The van der Waals surface area contributed by atoms with Gasteiger partial charge >= 0.3 is 0 Å². The zero-order valence-corrected chi connectivity index (χ0v) is 17.7. The minimum absolute atomic E-state index is 0.136. The van der Waals surface area contributed by atoms with Crippen molar-refractivity contribution >= 4 is 21.6 Å². The number of benzene rings is 2. The number of sulfonamides is 1. The summed E-state index contributed by atoms with van der Waals surface area (Å²) in [4.78, 5) is 14.9. The standard InChI is InChI=1S/C21H26N2O4S/c1-14-6-7-15(2)20(12-14)27-16(3)21(24)23-11-10-17-13-18(8-9-19(17)23)28(25,26)22(4)5/h6-9,12-13,16H,10-11H2,1-5H3/t16-/m1/s1. The van der Waals surface area contributed by atoms with Crippen LogP contribution in [0.25, 0.3) is 0 Å². The van der Waals surface area contributed by atoms with Gasteiger partial charge in [0.05, 0.1) is 4.90 Å². The van der Waals surface area contributed by atoms with Gasteiger partial charge in [-0.15, -0.1) is 0 Å². The van der Waals surface area contributed by atoms with E-state index >= 15 is 0 Å². The molecule has 0 fully saturated rings. The molecule has 1 amide bonds. The Labute approximate surface area is 166 Å². The fraction of sp³-hybridized carbons (Fsp3) is 0.381. The van der Waals surface area contributed by atoms with Gasteiger partial charge in [-0.25, -0.2) is 12.7 Å². The van der Waals surface area contributed by atoms with E-state index in [1.54, 1.807) is 30.0 Å². The number of anilines is 1. The van der Waals surface area contributed by atoms with E-state index in [4.69, 9.17) is 4.74 Å². The Hall–Kier alpha value is -2.38. The highest BCUT2D eigenvalue weighted by Gasteiger charge is 2.30. The van der Waals surface area contributed by atoms with Crippen LogP contribution >= 0.6 is 0 Å². The molecule has 0 spiro atoms. The van der Waals surface area contributed by atoms with Gasteiger partial charge in [-0.1, -0.05) is 12.1 Å². The fourth-order valence-corrected chi connectivity index (χ4v) is 4.23. The number of fused-ring (bicyclic) bond motifs is 1. The van der Waals surface area contributed by atoms with Crippen molar-refractivity contribution in [1.29, 1.82) is 0 Å². The van der Waals surface area contributed by atoms with E-state index in [0.29, 0.717) is 18.7 Å². The van der Waals surface area contributed by atoms with Crippen molar-refractivity contribution in [3.63, 3.8) is 0 Å². The molecule has 6 nitrogen and oxygen atoms in total. The number of carbonyl (C=O) groups excluding carboxylic acids is 1. The Kier molecular flexibility index (Phi) is 5.50. The smallest absolute Gasteiger partial charge is 0.267 e. The maximum absolute atomic E-state index is 13.0. The summed E-state index contributed by atoms with van der Waals surface area (Å²) in [5.74, 6) is 0.565. The molecule has 2 aromatic rings. The van der Waals surface area contributed by atoms with Crippen molar-refractivity contribution in [2.24, 2.45) is 0 Å². The number of amides is 1. The number of rotatable bonds is 5. The van der Waals surface area contributed by atoms with Gasteiger partial charge in [-0.2, -0.15) is 0 Å². The Morgan fingerprint density at radius 1 is 1.14 bits per heavy atom. The molecule has 150 valence electrons. The highest BCUT2D eigenvalue weighted by Crippen LogP contribution is 2.32. The van der Waals surface area contributed by atoms with Crippen molar-refractivity contribution in [2.75, 3.05) is 25.5 Å². The molecule has 1 heterocycles. The molecule has 0 unspecified atom stereocenters. The van der Waals surface area contributed by atoms with Crippen LogP contribution < -0.4 is 9.64 Å². The number of hydrogen-bond donors (Lipinski definition) is 0. The first kappa shape index (κ1) is 20.4. The van der Waals surface area contributed by atoms with E-state index in [0.717, 1.165) is 22.4 Å². The van der Waals surface area contributed by atoms with Crippen LogP contribution in [0.5, 0.6) is 5.75 Å². The molecule has 0 radical (unpaired) electrons. The Morgan fingerprint density at radius 3 is 2.54 bits per heavy atom. The lowest BCUT2D eigenvalue weighted by atomic mass is 10.1. The first-order valence-electron chi connectivity index (χ1n) is 9.22. The van der Waals surface area contributed by atoms with Crippen LogP contribution in [-0.4, -0.2) is 45.4 Å². The molecule has 0 saturated carbocycles. The summed E-state index contributed by atoms with van der Waals surface area (Å²) in [7, 11) is -0.488. The number of carbonyl (C=O) groups is 1. The second-order valence-electron chi connectivity index (χ2n) is 7.35. The quantitative estimate of drug-likeness (QED) is 0.771. The SMILES string of the molecule is Cc1ccc(C)c(O[C@H](C)C(=O)N2CCc3cc(S(=O)(=O)N(C)C)ccc32)c1. The zero-order chi connectivity index (χ0) is 20.6. The second-order valence-corrected chi connectivity index (χ2v) is 9.50. The number of aryl methyl sites for hydroxylation is 2. The predicted molar refractivity (Wildman–Crippen MR) is 109 cm³/mol. The molecular weight excluding hydrogens is 376 g/mol. The van der Waals surface area contributed by atoms with Crippen LogP contribution in [-0.2, 0) is 21.2 Å². The van der Waals surface area contributed by atoms with Crippen molar-refractivity contribution < 1.29 is 17.9 Å². The van der Waals surface area contributed by atoms with E-state index in [2.05, 4.69) is 0 Å². The number of ether oxygens (including phenoxy) is 1. The van der Waals surface area contributed by atoms with Crippen LogP contribution in [0, 0.1) is 13.8 Å². The molecule has 0 bridgehead atoms. The Bertz CT molecular complexity index is 1020. The van der Waals surface area contributed by atoms with E-state index in [9.17, 15) is 13.2 Å². The number of nitrogens with zero attached hydrogens (tertiary/aromatic N) is 2. The zero-order valence-electron chi connectivity index (χ0n) is 16.9. The topological polar surface area (TPSA) is 66.9 Å². The van der Waals surface area contributed by atoms with Crippen LogP contribution in [0.3, 0.4) is 0 Å². The lowest BCUT2D eigenvalue weighted by Crippen LogP contribution is -2.39. The van der Waals surface area contributed by atoms with Crippen molar-refractivity contribution in [3.05, 3.63) is 53.1 Å². The summed E-state index contributed by atoms with van der Waals surface area (Å²) in [6, 6.07) is 10.8. The average Bonchev–Trinajstić information content (AvgIpc) is 3.07. The molecule has 0 N–H and O–H groups in total. The van der Waals surface area contributed by atoms with Gasteiger partial charge in [0.15, 0.2) is 6.10 Å². The minimum Gasteiger partial charge on any atom is -0.481 e. The van der Waals surface area contributed by atoms with Gasteiger partial charge in [-0.05, 0) is 68.1 Å². The lowest BCUT2D eigenvalue weighted by Gasteiger charge is -2.23. The molecule has 2 aromatic carbocycles. The van der Waals surface area contributed by atoms with Gasteiger partial charge < -0.3 is 9.64 Å². The molecule has 7 heteroatoms. The van der Waals surface area contributed by atoms with Crippen LogP contribution in [0.15, 0.2) is 41.3 Å². The molecule has 0 aromatic heterocycles. The summed E-state index contributed by atoms with van der Waals surface area (Å²) >= 11 is 0. The van der Waals surface area contributed by atoms with Crippen molar-refractivity contribution in [1.82, 2.24) is 4.31 Å². The van der Waals surface area contributed by atoms with Gasteiger partial charge in [0.2, 0.25) is 10.0 Å². The van der Waals surface area contributed by atoms with Gasteiger partial charge in [0.25, 0.3) is 5.91 Å². The van der Waals surface area contributed by atoms with Gasteiger partial charge in [0, 0.05) is 26.3 Å². The van der Waals surface area contributed by atoms with E-state index < -0.39 is 16.1 Å². The summed E-state index contributed by atoms with van der Waals surface area (Å²) < 4.78 is 31.8. The largest absolute Gasteiger partial charge is 0.481 e. The minimum atomic E-state index is -3.50. The van der Waals surface area contributed by atoms with Gasteiger partial charge in [-0.3, -0.25) is 4.79 Å². The molecule has 1 aliphatic heterocycles. The molecule has 0 aliphatic carbocycles. The fourth-order valence-electron chi connectivity index (χ4n) is 3.27. The average molecular weight is 403 g/mol. The normalized spacial score (nSPS) is 14.9. The van der Waals surface area contributed by atoms with E-state index in [1.807, 2.05) is 32.0 Å². The highest BCUT2D eigenvalue weighted by molar-refractivity contribution is 7.89. The highest BCUT2D eigenvalue weighted by atomic mass is 32.2. The van der Waals surface area contributed by atoms with Crippen LogP contribution in [0.4, 0.5) is 5.69 Å². The maximum atomic E-state index is 13.0. The first-order chi connectivity index (χ1) is 13.1. The summed E-state index contributed by atoms with van der Waals surface area (Å²) in [5.41, 5.74) is 3.65. The molecule has 1 atom stereocenters. The summed E-state index contributed by atoms with van der Waals surface area (Å²) in [5, 5.41) is 0. The molecule has 1 aliphatic rings. The number of hydrogen-bond acceptors (Lipinski definition) is 4. The summed E-state index contributed by atoms with van der Waals surface area (Å²) in [6.07, 6.45) is -0.0229. The molecular formula is C21H26N2O4S. The van der Waals surface area contributed by atoms with E-state index in [1.165, 1.54) is 18.4 Å². The molecule has 0 saturated heterocycles. The molecule has 3 rings (SSSR count). The predicted octanol–water partition coefficient (Wildman–Crippen LogP) is 2.91. The first-order valence-corrected chi connectivity index (χ1v) is 10.7. The summed E-state index contributed by atoms with van der Waals surface area (Å²) in [6.45, 7) is 6.19. The second kappa shape index (κ2) is 7.56. The van der Waals surface area contributed by atoms with Gasteiger partial charge in [0.1, 0.15) is 5.75 Å². The van der Waals surface area contributed by atoms with Crippen molar-refractivity contribution in [2.45, 2.75) is 38.2 Å². The van der Waals surface area contributed by atoms with Crippen LogP contribution in [0.1, 0.15) is 23.6 Å². The molecule has 28 heavy (non-hydrogen) atoms. The van der Waals surface area contributed by atoms with Crippen LogP contribution in [0.2, 0.25) is 0 Å². The van der Waals surface area contributed by atoms with E-state index in [-0.39, 0.29) is 10.8 Å². The third-order valence-electron chi connectivity index (χ3n) is 4.99. The third kappa shape index (κ3) is 3.77. The Morgan fingerprint density at radius 2 is 1.86 bits per heavy atom. The monoisotopic (exact) mass is 402 g/mol. The Balaban J connectivity index is 1.81. The maximum Gasteiger partial charge on any atom is 0.267 e. The third-order valence-corrected chi connectivity index (χ3v) is 6.80.